The molecular weight excluding hydrogens is 443 g/mol. The van der Waals surface area contributed by atoms with E-state index in [9.17, 15) is 4.79 Å². The van der Waals surface area contributed by atoms with E-state index in [4.69, 9.17) is 22.1 Å². The number of ether oxygens (including phenoxy) is 1. The summed E-state index contributed by atoms with van der Waals surface area (Å²) in [6.45, 7) is 6.29. The Morgan fingerprint density at radius 2 is 2.17 bits per heavy atom. The van der Waals surface area contributed by atoms with Gasteiger partial charge in [0.1, 0.15) is 0 Å². The van der Waals surface area contributed by atoms with Crippen LogP contribution in [0.4, 0.5) is 5.69 Å². The molecule has 4 N–H and O–H groups in total. The number of nitrogens with one attached hydrogen (secondary N) is 2. The fourth-order valence-electron chi connectivity index (χ4n) is 1.80. The molecule has 8 heteroatoms. The zero-order valence-electron chi connectivity index (χ0n) is 14.1. The number of hydrogen-bond acceptors (Lipinski definition) is 3. The molecule has 0 aliphatic carbocycles. The van der Waals surface area contributed by atoms with Crippen molar-refractivity contribution in [1.82, 2.24) is 5.32 Å². The van der Waals surface area contributed by atoms with Crippen LogP contribution in [-0.4, -0.2) is 38.2 Å². The Balaban J connectivity index is 0.00000529. The van der Waals surface area contributed by atoms with Crippen molar-refractivity contribution < 1.29 is 9.53 Å². The Labute approximate surface area is 165 Å². The number of halogens is 2. The van der Waals surface area contributed by atoms with E-state index in [2.05, 4.69) is 15.6 Å². The van der Waals surface area contributed by atoms with E-state index in [-0.39, 0.29) is 36.3 Å². The molecule has 1 aromatic carbocycles. The number of anilines is 1. The molecule has 0 unspecified atom stereocenters. The number of nitrogens with zero attached hydrogens (tertiary/aromatic N) is 1. The summed E-state index contributed by atoms with van der Waals surface area (Å²) in [5.41, 5.74) is 7.37. The van der Waals surface area contributed by atoms with Gasteiger partial charge in [-0.3, -0.25) is 9.79 Å². The van der Waals surface area contributed by atoms with Crippen LogP contribution in [0.5, 0.6) is 0 Å². The van der Waals surface area contributed by atoms with Crippen LogP contribution in [0.3, 0.4) is 0 Å². The molecule has 136 valence electrons. The number of aliphatic imine (C=N–C) groups is 1. The number of carbonyl (C=O) groups excluding carboxylic acids is 1. The van der Waals surface area contributed by atoms with Gasteiger partial charge >= 0.3 is 0 Å². The van der Waals surface area contributed by atoms with Gasteiger partial charge in [-0.1, -0.05) is 17.7 Å². The van der Waals surface area contributed by atoms with Crippen LogP contribution in [0, 0.1) is 6.92 Å². The van der Waals surface area contributed by atoms with Crippen molar-refractivity contribution in [3.63, 3.8) is 0 Å². The number of benzene rings is 1. The summed E-state index contributed by atoms with van der Waals surface area (Å²) in [6.07, 6.45) is 1.10. The molecule has 0 fully saturated rings. The van der Waals surface area contributed by atoms with Crippen LogP contribution in [0.2, 0.25) is 5.02 Å². The van der Waals surface area contributed by atoms with Crippen LogP contribution in [0.25, 0.3) is 0 Å². The summed E-state index contributed by atoms with van der Waals surface area (Å²) >= 11 is 6.07. The average molecular weight is 469 g/mol. The van der Waals surface area contributed by atoms with Crippen LogP contribution in [-0.2, 0) is 9.53 Å². The number of carbonyl (C=O) groups is 1. The zero-order valence-corrected chi connectivity index (χ0v) is 17.2. The lowest BCUT2D eigenvalue weighted by atomic mass is 10.2. The highest BCUT2D eigenvalue weighted by Gasteiger charge is 2.06. The Kier molecular flexibility index (Phi) is 12.7. The molecule has 0 spiro atoms. The normalized spacial score (nSPS) is 10.9. The number of amides is 1. The first-order chi connectivity index (χ1) is 11.0. The van der Waals surface area contributed by atoms with Crippen LogP contribution in [0.15, 0.2) is 23.2 Å². The van der Waals surface area contributed by atoms with Gasteiger partial charge in [0.25, 0.3) is 0 Å². The molecule has 0 saturated heterocycles. The average Bonchev–Trinajstić information content (AvgIpc) is 2.50. The number of guanidine groups is 1. The lowest BCUT2D eigenvalue weighted by Crippen LogP contribution is -2.34. The van der Waals surface area contributed by atoms with E-state index in [1.165, 1.54) is 0 Å². The number of hydrogen-bond donors (Lipinski definition) is 3. The smallest absolute Gasteiger partial charge is 0.226 e. The summed E-state index contributed by atoms with van der Waals surface area (Å²) in [4.78, 5) is 16.0. The topological polar surface area (TPSA) is 88.7 Å². The van der Waals surface area contributed by atoms with E-state index in [0.717, 1.165) is 12.0 Å². The fourth-order valence-corrected chi connectivity index (χ4v) is 2.09. The van der Waals surface area contributed by atoms with Crippen molar-refractivity contribution in [2.75, 3.05) is 31.6 Å². The van der Waals surface area contributed by atoms with Crippen molar-refractivity contribution >= 4 is 53.1 Å². The third-order valence-corrected chi connectivity index (χ3v) is 3.30. The van der Waals surface area contributed by atoms with E-state index in [1.54, 1.807) is 6.07 Å². The molecule has 0 heterocycles. The Morgan fingerprint density at radius 3 is 2.83 bits per heavy atom. The van der Waals surface area contributed by atoms with Crippen molar-refractivity contribution in [2.24, 2.45) is 10.7 Å². The molecule has 0 saturated carbocycles. The van der Waals surface area contributed by atoms with E-state index < -0.39 is 0 Å². The molecule has 0 aliphatic heterocycles. The highest BCUT2D eigenvalue weighted by atomic mass is 127. The van der Waals surface area contributed by atoms with E-state index in [1.807, 2.05) is 26.0 Å². The maximum Gasteiger partial charge on any atom is 0.226 e. The summed E-state index contributed by atoms with van der Waals surface area (Å²) in [6, 6.07) is 5.49. The lowest BCUT2D eigenvalue weighted by Gasteiger charge is -2.09. The minimum absolute atomic E-state index is 0. The molecule has 0 radical (unpaired) electrons. The second-order valence-electron chi connectivity index (χ2n) is 5.03. The predicted molar refractivity (Wildman–Crippen MR) is 110 cm³/mol. The predicted octanol–water partition coefficient (Wildman–Crippen LogP) is 2.93. The number of nitrogens with two attached hydrogens (primary N) is 1. The highest BCUT2D eigenvalue weighted by molar-refractivity contribution is 14.0. The second-order valence-corrected chi connectivity index (χ2v) is 5.43. The Bertz CT molecular complexity index is 541. The van der Waals surface area contributed by atoms with Gasteiger partial charge in [0.2, 0.25) is 5.91 Å². The first kappa shape index (κ1) is 22.9. The van der Waals surface area contributed by atoms with Gasteiger partial charge in [-0.15, -0.1) is 24.0 Å². The molecule has 1 rings (SSSR count). The minimum Gasteiger partial charge on any atom is -0.382 e. The second kappa shape index (κ2) is 13.3. The van der Waals surface area contributed by atoms with Gasteiger partial charge in [0, 0.05) is 32.7 Å². The molecule has 0 atom stereocenters. The summed E-state index contributed by atoms with van der Waals surface area (Å²) in [7, 11) is 0. The molecule has 1 amide bonds. The van der Waals surface area contributed by atoms with Crippen LogP contribution >= 0.6 is 35.6 Å². The molecule has 24 heavy (non-hydrogen) atoms. The SMILES string of the molecule is CCOCCCN=C(N)NCCC(=O)Nc1ccc(C)cc1Cl.I. The Morgan fingerprint density at radius 1 is 1.42 bits per heavy atom. The number of rotatable bonds is 9. The van der Waals surface area contributed by atoms with Crippen molar-refractivity contribution in [2.45, 2.75) is 26.7 Å². The largest absolute Gasteiger partial charge is 0.382 e. The molecule has 0 bridgehead atoms. The summed E-state index contributed by atoms with van der Waals surface area (Å²) in [5.74, 6) is 0.204. The standard InChI is InChI=1S/C16H25ClN4O2.HI/c1-3-23-10-4-8-19-16(18)20-9-7-15(22)21-14-6-5-12(2)11-13(14)17;/h5-6,11H,3-4,7-10H2,1-2H3,(H,21,22)(H3,18,19,20);1H. The number of aryl methyl sites for hydroxylation is 1. The van der Waals surface area contributed by atoms with Gasteiger partial charge in [-0.05, 0) is 38.0 Å². The van der Waals surface area contributed by atoms with Crippen LogP contribution < -0.4 is 16.4 Å². The van der Waals surface area contributed by atoms with Crippen molar-refractivity contribution in [3.05, 3.63) is 28.8 Å². The molecule has 6 nitrogen and oxygen atoms in total. The van der Waals surface area contributed by atoms with Gasteiger partial charge in [-0.2, -0.15) is 0 Å². The maximum absolute atomic E-state index is 11.9. The Hall–Kier alpha value is -1.06. The van der Waals surface area contributed by atoms with E-state index in [0.29, 0.717) is 43.0 Å². The fraction of sp³-hybridized carbons (Fsp3) is 0.500. The third-order valence-electron chi connectivity index (χ3n) is 2.99. The first-order valence-corrected chi connectivity index (χ1v) is 8.08. The van der Waals surface area contributed by atoms with Gasteiger partial charge < -0.3 is 21.1 Å². The minimum atomic E-state index is -0.132. The summed E-state index contributed by atoms with van der Waals surface area (Å²) < 4.78 is 5.21. The first-order valence-electron chi connectivity index (χ1n) is 7.70. The van der Waals surface area contributed by atoms with Gasteiger partial charge in [0.05, 0.1) is 10.7 Å². The van der Waals surface area contributed by atoms with Crippen molar-refractivity contribution in [1.29, 1.82) is 0 Å². The molecular formula is C16H26ClIN4O2. The zero-order chi connectivity index (χ0) is 17.1. The van der Waals surface area contributed by atoms with Gasteiger partial charge in [-0.25, -0.2) is 0 Å². The van der Waals surface area contributed by atoms with Crippen LogP contribution in [0.1, 0.15) is 25.3 Å². The quantitative estimate of drug-likeness (QED) is 0.225. The van der Waals surface area contributed by atoms with Crippen molar-refractivity contribution in [3.8, 4) is 0 Å². The summed E-state index contributed by atoms with van der Waals surface area (Å²) in [5, 5.41) is 6.21. The highest BCUT2D eigenvalue weighted by Crippen LogP contribution is 2.22. The molecule has 1 aromatic rings. The maximum atomic E-state index is 11.9. The molecule has 0 aliphatic rings. The van der Waals surface area contributed by atoms with Gasteiger partial charge in [0.15, 0.2) is 5.96 Å². The monoisotopic (exact) mass is 468 g/mol. The molecule has 0 aromatic heterocycles. The third kappa shape index (κ3) is 9.94. The van der Waals surface area contributed by atoms with E-state index >= 15 is 0 Å². The lowest BCUT2D eigenvalue weighted by molar-refractivity contribution is -0.116.